The van der Waals surface area contributed by atoms with Gasteiger partial charge in [0, 0.05) is 17.7 Å². The van der Waals surface area contributed by atoms with E-state index in [4.69, 9.17) is 4.42 Å². The van der Waals surface area contributed by atoms with Crippen molar-refractivity contribution in [2.45, 2.75) is 82.1 Å². The van der Waals surface area contributed by atoms with Crippen LogP contribution in [0.2, 0.25) is 0 Å². The van der Waals surface area contributed by atoms with Gasteiger partial charge in [-0.15, -0.1) is 11.8 Å². The lowest BCUT2D eigenvalue weighted by Gasteiger charge is -2.29. The molecule has 4 nitrogen and oxygen atoms in total. The van der Waals surface area contributed by atoms with Crippen LogP contribution in [0.3, 0.4) is 0 Å². The molecule has 3 rings (SSSR count). The van der Waals surface area contributed by atoms with Gasteiger partial charge < -0.3 is 4.42 Å². The van der Waals surface area contributed by atoms with Gasteiger partial charge in [0.15, 0.2) is 5.76 Å². The highest BCUT2D eigenvalue weighted by molar-refractivity contribution is 8.00. The summed E-state index contributed by atoms with van der Waals surface area (Å²) in [6.07, 6.45) is 8.58. The summed E-state index contributed by atoms with van der Waals surface area (Å²) in [5, 5.41) is 5.37. The molecule has 2 aromatic heterocycles. The van der Waals surface area contributed by atoms with Crippen molar-refractivity contribution in [3.8, 4) is 11.5 Å². The molecule has 5 heteroatoms. The number of nitrogens with zero attached hydrogens (tertiary/aromatic N) is 3. The normalized spacial score (nSPS) is 17.2. The fourth-order valence-electron chi connectivity index (χ4n) is 3.39. The molecule has 1 fully saturated rings. The highest BCUT2D eigenvalue weighted by Gasteiger charge is 2.32. The number of thioether (sulfide) groups is 1. The summed E-state index contributed by atoms with van der Waals surface area (Å²) in [5.41, 5.74) is 2.08. The van der Waals surface area contributed by atoms with E-state index in [1.165, 1.54) is 32.1 Å². The lowest BCUT2D eigenvalue weighted by molar-refractivity contribution is 0.452. The predicted octanol–water partition coefficient (Wildman–Crippen LogP) is 5.67. The number of oxazole rings is 1. The first-order valence-electron chi connectivity index (χ1n) is 9.36. The Hall–Kier alpha value is -1.23. The van der Waals surface area contributed by atoms with Crippen LogP contribution in [0, 0.1) is 0 Å². The fraction of sp³-hybridized carbons (Fsp3) is 0.700. The zero-order valence-electron chi connectivity index (χ0n) is 16.4. The van der Waals surface area contributed by atoms with Crippen LogP contribution in [0.4, 0.5) is 0 Å². The van der Waals surface area contributed by atoms with Crippen LogP contribution in [-0.2, 0) is 17.2 Å². The minimum atomic E-state index is -0.105. The summed E-state index contributed by atoms with van der Waals surface area (Å²) < 4.78 is 7.98. The second kappa shape index (κ2) is 6.82. The van der Waals surface area contributed by atoms with Gasteiger partial charge >= 0.3 is 0 Å². The van der Waals surface area contributed by atoms with Gasteiger partial charge in [0.2, 0.25) is 5.89 Å². The monoisotopic (exact) mass is 361 g/mol. The summed E-state index contributed by atoms with van der Waals surface area (Å²) in [7, 11) is 1.97. The van der Waals surface area contributed by atoms with E-state index in [-0.39, 0.29) is 10.2 Å². The average Bonchev–Trinajstić information content (AvgIpc) is 3.14. The topological polar surface area (TPSA) is 43.9 Å². The highest BCUT2D eigenvalue weighted by atomic mass is 32.2. The maximum atomic E-state index is 6.19. The molecular formula is C20H31N3OS. The largest absolute Gasteiger partial charge is 0.438 e. The van der Waals surface area contributed by atoms with E-state index in [9.17, 15) is 0 Å². The van der Waals surface area contributed by atoms with E-state index < -0.39 is 0 Å². The third kappa shape index (κ3) is 4.13. The molecule has 1 aliphatic carbocycles. The molecule has 0 aromatic carbocycles. The zero-order valence-corrected chi connectivity index (χ0v) is 17.2. The first kappa shape index (κ1) is 18.6. The molecule has 0 atom stereocenters. The van der Waals surface area contributed by atoms with Gasteiger partial charge in [0.25, 0.3) is 0 Å². The van der Waals surface area contributed by atoms with E-state index in [0.29, 0.717) is 0 Å². The van der Waals surface area contributed by atoms with Crippen LogP contribution in [-0.4, -0.2) is 20.0 Å². The number of aryl methyl sites for hydroxylation is 1. The van der Waals surface area contributed by atoms with Crippen molar-refractivity contribution < 1.29 is 4.42 Å². The van der Waals surface area contributed by atoms with Crippen LogP contribution in [0.1, 0.15) is 78.3 Å². The number of aromatic nitrogens is 3. The van der Waals surface area contributed by atoms with Gasteiger partial charge in [-0.1, -0.05) is 40.0 Å². The average molecular weight is 362 g/mol. The molecule has 0 bridgehead atoms. The highest BCUT2D eigenvalue weighted by Crippen LogP contribution is 2.43. The third-order valence-corrected chi connectivity index (χ3v) is 6.50. The lowest BCUT2D eigenvalue weighted by atomic mass is 9.92. The quantitative estimate of drug-likeness (QED) is 0.703. The minimum Gasteiger partial charge on any atom is -0.438 e. The summed E-state index contributed by atoms with van der Waals surface area (Å²) in [6, 6.07) is 2.12. The Morgan fingerprint density at radius 1 is 1.12 bits per heavy atom. The van der Waals surface area contributed by atoms with E-state index >= 15 is 0 Å². The Morgan fingerprint density at radius 2 is 1.80 bits per heavy atom. The van der Waals surface area contributed by atoms with Crippen molar-refractivity contribution in [2.24, 2.45) is 7.05 Å². The Morgan fingerprint density at radius 3 is 2.40 bits per heavy atom. The van der Waals surface area contributed by atoms with Gasteiger partial charge in [0.05, 0.1) is 16.6 Å². The predicted molar refractivity (Wildman–Crippen MR) is 105 cm³/mol. The Bertz CT molecular complexity index is 718. The minimum absolute atomic E-state index is 0.0228. The fourth-order valence-corrected chi connectivity index (χ4v) is 4.98. The molecule has 0 spiro atoms. The number of hydrogen-bond donors (Lipinski definition) is 0. The van der Waals surface area contributed by atoms with Gasteiger partial charge in [-0.3, -0.25) is 4.68 Å². The molecule has 0 aliphatic heterocycles. The Labute approximate surface area is 155 Å². The van der Waals surface area contributed by atoms with Crippen LogP contribution in [0.25, 0.3) is 11.5 Å². The second-order valence-corrected chi connectivity index (χ2v) is 10.6. The summed E-state index contributed by atoms with van der Waals surface area (Å²) in [4.78, 5) is 4.61. The van der Waals surface area contributed by atoms with Gasteiger partial charge in [-0.05, 0) is 32.8 Å². The van der Waals surface area contributed by atoms with E-state index in [2.05, 4.69) is 50.8 Å². The van der Waals surface area contributed by atoms with Crippen molar-refractivity contribution >= 4 is 11.8 Å². The zero-order chi connectivity index (χ0) is 18.2. The molecular weight excluding hydrogens is 330 g/mol. The molecule has 2 aromatic rings. The molecule has 1 saturated carbocycles. The van der Waals surface area contributed by atoms with Gasteiger partial charge in [0.1, 0.15) is 5.69 Å². The van der Waals surface area contributed by atoms with E-state index in [1.54, 1.807) is 0 Å². The van der Waals surface area contributed by atoms with Crippen molar-refractivity contribution in [3.05, 3.63) is 23.8 Å². The second-order valence-electron chi connectivity index (χ2n) is 8.71. The summed E-state index contributed by atoms with van der Waals surface area (Å²) >= 11 is 2.02. The first-order chi connectivity index (χ1) is 11.7. The lowest BCUT2D eigenvalue weighted by Crippen LogP contribution is -2.20. The van der Waals surface area contributed by atoms with E-state index in [1.807, 2.05) is 29.7 Å². The third-order valence-electron chi connectivity index (χ3n) is 4.93. The maximum absolute atomic E-state index is 6.19. The molecule has 1 aliphatic rings. The number of hydrogen-bond acceptors (Lipinski definition) is 4. The molecule has 0 amide bonds. The molecule has 0 saturated heterocycles. The summed E-state index contributed by atoms with van der Waals surface area (Å²) in [6.45, 7) is 11.0. The molecule has 0 N–H and O–H groups in total. The van der Waals surface area contributed by atoms with Crippen LogP contribution in [0.5, 0.6) is 0 Å². The van der Waals surface area contributed by atoms with Crippen molar-refractivity contribution in [1.29, 1.82) is 0 Å². The van der Waals surface area contributed by atoms with Crippen LogP contribution >= 0.6 is 11.8 Å². The molecule has 25 heavy (non-hydrogen) atoms. The van der Waals surface area contributed by atoms with E-state index in [0.717, 1.165) is 28.3 Å². The standard InChI is InChI=1S/C20H31N3OS/c1-19(2,3)17-12-15(23(6)22-17)16-13-21-18(24-16)20(4,5)25-14-10-8-7-9-11-14/h12-14H,7-11H2,1-6H3. The molecule has 138 valence electrons. The SMILES string of the molecule is Cn1nc(C(C)(C)C)cc1-c1cnc(C(C)(C)SC2CCCCC2)o1. The molecule has 0 radical (unpaired) electrons. The Kier molecular flexibility index (Phi) is 5.06. The van der Waals surface area contributed by atoms with Crippen molar-refractivity contribution in [1.82, 2.24) is 14.8 Å². The maximum Gasteiger partial charge on any atom is 0.210 e. The van der Waals surface area contributed by atoms with Crippen molar-refractivity contribution in [2.75, 3.05) is 0 Å². The van der Waals surface area contributed by atoms with Gasteiger partial charge in [-0.2, -0.15) is 5.10 Å². The Balaban J connectivity index is 1.81. The van der Waals surface area contributed by atoms with Crippen LogP contribution in [0.15, 0.2) is 16.7 Å². The molecule has 0 unspecified atom stereocenters. The molecule has 2 heterocycles. The van der Waals surface area contributed by atoms with Gasteiger partial charge in [-0.25, -0.2) is 4.98 Å². The first-order valence-corrected chi connectivity index (χ1v) is 10.2. The smallest absolute Gasteiger partial charge is 0.210 e. The summed E-state index contributed by atoms with van der Waals surface area (Å²) in [5.74, 6) is 1.62. The van der Waals surface area contributed by atoms with Crippen LogP contribution < -0.4 is 0 Å². The number of rotatable bonds is 4. The van der Waals surface area contributed by atoms with Crippen molar-refractivity contribution in [3.63, 3.8) is 0 Å².